The summed E-state index contributed by atoms with van der Waals surface area (Å²) in [5, 5.41) is 3.60. The minimum atomic E-state index is -1.13. The van der Waals surface area contributed by atoms with Crippen molar-refractivity contribution in [3.05, 3.63) is 132 Å². The third kappa shape index (κ3) is 8.23. The molecule has 0 aliphatic heterocycles. The van der Waals surface area contributed by atoms with Crippen LogP contribution < -0.4 is 39.4 Å². The largest absolute Gasteiger partial charge is 0.864 e. The molecule has 0 saturated heterocycles. The highest BCUT2D eigenvalue weighted by Crippen LogP contribution is 2.51. The van der Waals surface area contributed by atoms with E-state index in [1.54, 1.807) is 0 Å². The van der Waals surface area contributed by atoms with E-state index in [0.29, 0.717) is 29.1 Å². The maximum atomic E-state index is 6.80. The van der Waals surface area contributed by atoms with Crippen molar-refractivity contribution in [3.8, 4) is 28.7 Å². The molecule has 0 aromatic heterocycles. The van der Waals surface area contributed by atoms with E-state index in [1.807, 2.05) is 87.0 Å². The zero-order valence-corrected chi connectivity index (χ0v) is 30.7. The van der Waals surface area contributed by atoms with Gasteiger partial charge in [0.25, 0.3) is 0 Å². The molecule has 0 amide bonds. The summed E-state index contributed by atoms with van der Waals surface area (Å²) in [4.78, 5) is 0. The Balaban J connectivity index is 1.39. The monoisotopic (exact) mass is 698 g/mol. The van der Waals surface area contributed by atoms with Crippen LogP contribution in [0.2, 0.25) is 0 Å². The van der Waals surface area contributed by atoms with Crippen molar-refractivity contribution in [1.82, 2.24) is 0 Å². The third-order valence-corrected chi connectivity index (χ3v) is 12.8. The van der Waals surface area contributed by atoms with E-state index in [1.165, 1.54) is 73.1 Å². The second kappa shape index (κ2) is 17.2. The fourth-order valence-corrected chi connectivity index (χ4v) is 10.6. The molecule has 0 N–H and O–H groups in total. The van der Waals surface area contributed by atoms with Gasteiger partial charge < -0.3 is 23.4 Å². The highest BCUT2D eigenvalue weighted by molar-refractivity contribution is 7.80. The molecule has 5 aromatic carbocycles. The van der Waals surface area contributed by atoms with Gasteiger partial charge in [-0.25, -0.2) is 0 Å². The minimum absolute atomic E-state index is 0.411. The number of benzene rings is 5. The fourth-order valence-electron chi connectivity index (χ4n) is 7.91. The van der Waals surface area contributed by atoms with E-state index in [9.17, 15) is 0 Å². The van der Waals surface area contributed by atoms with Gasteiger partial charge in [-0.2, -0.15) is 0 Å². The van der Waals surface area contributed by atoms with Crippen LogP contribution in [-0.2, 0) is 0 Å². The standard InChI is InChI=1S/C44H48BO5P/c1-46-39-32-41(43(34-22-10-4-11-23-34)44(47-2)42(39)33-20-8-3-9-21-33)51(37-28-16-7-17-29-37)40-31-19-18-30-38(40)50-45(48-35-24-12-5-13-25-35)49-36-26-14-6-15-27-36/h5-7,12-19,24-34H,3-4,8-11,20-23H2,1-2H3. The van der Waals surface area contributed by atoms with Crippen molar-refractivity contribution >= 4 is 31.2 Å². The second-order valence-electron chi connectivity index (χ2n) is 13.5. The van der Waals surface area contributed by atoms with Crippen LogP contribution in [0.25, 0.3) is 0 Å². The van der Waals surface area contributed by atoms with Gasteiger partial charge in [-0.1, -0.05) is 123 Å². The van der Waals surface area contributed by atoms with Crippen molar-refractivity contribution in [1.29, 1.82) is 0 Å². The molecule has 5 nitrogen and oxygen atoms in total. The van der Waals surface area contributed by atoms with Gasteiger partial charge >= 0.3 is 7.32 Å². The first-order valence-corrected chi connectivity index (χ1v) is 19.9. The van der Waals surface area contributed by atoms with Crippen LogP contribution in [0.4, 0.5) is 0 Å². The topological polar surface area (TPSA) is 46.2 Å². The summed E-state index contributed by atoms with van der Waals surface area (Å²) >= 11 is 0. The SMILES string of the molecule is COc1cc(P(c2ccccc2)c2ccccc2OB(Oc2ccccc2)Oc2ccccc2)c(C2CCCCC2)c(OC)c1C1CCCCC1. The van der Waals surface area contributed by atoms with E-state index in [2.05, 4.69) is 48.5 Å². The Morgan fingerprint density at radius 3 is 1.55 bits per heavy atom. The van der Waals surface area contributed by atoms with Crippen LogP contribution in [0.3, 0.4) is 0 Å². The number of methoxy groups -OCH3 is 2. The first kappa shape index (κ1) is 35.0. The van der Waals surface area contributed by atoms with Crippen LogP contribution >= 0.6 is 7.92 Å². The zero-order valence-electron chi connectivity index (χ0n) is 29.8. The molecule has 0 spiro atoms. The molecule has 7 rings (SSSR count). The van der Waals surface area contributed by atoms with E-state index in [0.717, 1.165) is 29.6 Å². The average Bonchev–Trinajstić information content (AvgIpc) is 3.20. The molecule has 1 atom stereocenters. The Labute approximate surface area is 305 Å². The van der Waals surface area contributed by atoms with Gasteiger partial charge in [0.05, 0.1) is 14.2 Å². The van der Waals surface area contributed by atoms with Gasteiger partial charge in [0.15, 0.2) is 0 Å². The van der Waals surface area contributed by atoms with Crippen molar-refractivity contribution in [2.75, 3.05) is 14.2 Å². The highest BCUT2D eigenvalue weighted by atomic mass is 31.1. The molecule has 2 saturated carbocycles. The first-order chi connectivity index (χ1) is 25.2. The number of ether oxygens (including phenoxy) is 2. The lowest BCUT2D eigenvalue weighted by molar-refractivity contribution is 0.308. The molecule has 2 aliphatic rings. The molecule has 2 aliphatic carbocycles. The van der Waals surface area contributed by atoms with Gasteiger partial charge in [0.2, 0.25) is 0 Å². The summed E-state index contributed by atoms with van der Waals surface area (Å²) in [5.74, 6) is 4.87. The molecule has 0 heterocycles. The quantitative estimate of drug-likeness (QED) is 0.0905. The molecule has 5 aromatic rings. The maximum absolute atomic E-state index is 6.80. The lowest BCUT2D eigenvalue weighted by Gasteiger charge is -2.34. The summed E-state index contributed by atoms with van der Waals surface area (Å²) in [6.07, 6.45) is 12.2. The van der Waals surface area contributed by atoms with E-state index < -0.39 is 15.2 Å². The van der Waals surface area contributed by atoms with Gasteiger partial charge in [-0.3, -0.25) is 0 Å². The van der Waals surface area contributed by atoms with Crippen molar-refractivity contribution in [2.24, 2.45) is 0 Å². The minimum Gasteiger partial charge on any atom is -0.496 e. The van der Waals surface area contributed by atoms with Crippen LogP contribution in [0.1, 0.15) is 87.2 Å². The molecule has 51 heavy (non-hydrogen) atoms. The summed E-state index contributed by atoms with van der Waals surface area (Å²) in [6.45, 7) is 0. The summed E-state index contributed by atoms with van der Waals surface area (Å²) in [7, 11) is 1.53. The lowest BCUT2D eigenvalue weighted by atomic mass is 9.78. The normalized spacial score (nSPS) is 15.8. The Morgan fingerprint density at radius 2 is 1.00 bits per heavy atom. The predicted molar refractivity (Wildman–Crippen MR) is 210 cm³/mol. The molecule has 1 unspecified atom stereocenters. The summed E-state index contributed by atoms with van der Waals surface area (Å²) in [5.41, 5.74) is 2.63. The molecule has 0 bridgehead atoms. The van der Waals surface area contributed by atoms with Gasteiger partial charge in [0.1, 0.15) is 28.7 Å². The molecular weight excluding hydrogens is 650 g/mol. The predicted octanol–water partition coefficient (Wildman–Crippen LogP) is 10.1. The van der Waals surface area contributed by atoms with Crippen LogP contribution in [0.5, 0.6) is 28.7 Å². The van der Waals surface area contributed by atoms with E-state index >= 15 is 0 Å². The second-order valence-corrected chi connectivity index (χ2v) is 15.7. The van der Waals surface area contributed by atoms with Gasteiger partial charge in [-0.05, 0) is 92.4 Å². The summed E-state index contributed by atoms with van der Waals surface area (Å²) < 4.78 is 32.4. The Morgan fingerprint density at radius 1 is 0.490 bits per heavy atom. The van der Waals surface area contributed by atoms with Gasteiger partial charge in [-0.15, -0.1) is 0 Å². The van der Waals surface area contributed by atoms with Crippen molar-refractivity contribution in [2.45, 2.75) is 76.0 Å². The molecular formula is C44H48BO5P. The Bertz CT molecular complexity index is 1780. The molecule has 0 radical (unpaired) electrons. The maximum Gasteiger partial charge on any atom is 0.864 e. The van der Waals surface area contributed by atoms with Crippen LogP contribution in [-0.4, -0.2) is 21.5 Å². The smallest absolute Gasteiger partial charge is 0.496 e. The van der Waals surface area contributed by atoms with E-state index in [-0.39, 0.29) is 0 Å². The number of hydrogen-bond donors (Lipinski definition) is 0. The zero-order chi connectivity index (χ0) is 34.8. The Kier molecular flexibility index (Phi) is 11.8. The highest BCUT2D eigenvalue weighted by Gasteiger charge is 2.37. The van der Waals surface area contributed by atoms with E-state index in [4.69, 9.17) is 23.4 Å². The lowest BCUT2D eigenvalue weighted by Crippen LogP contribution is -2.38. The molecule has 262 valence electrons. The first-order valence-electron chi connectivity index (χ1n) is 18.6. The van der Waals surface area contributed by atoms with Crippen molar-refractivity contribution < 1.29 is 23.4 Å². The third-order valence-electron chi connectivity index (χ3n) is 10.3. The molecule has 7 heteroatoms. The average molecular weight is 699 g/mol. The molecule has 2 fully saturated rings. The fraction of sp³-hybridized carbons (Fsp3) is 0.318. The number of rotatable bonds is 13. The number of hydrogen-bond acceptors (Lipinski definition) is 5. The number of para-hydroxylation sites is 3. The van der Waals surface area contributed by atoms with Crippen LogP contribution in [0.15, 0.2) is 121 Å². The van der Waals surface area contributed by atoms with Crippen molar-refractivity contribution in [3.63, 3.8) is 0 Å². The van der Waals surface area contributed by atoms with Gasteiger partial charge in [0, 0.05) is 16.4 Å². The summed E-state index contributed by atoms with van der Waals surface area (Å²) in [6, 6.07) is 41.0. The van der Waals surface area contributed by atoms with Crippen LogP contribution in [0, 0.1) is 0 Å². The Hall–Kier alpha value is -4.41.